The van der Waals surface area contributed by atoms with Gasteiger partial charge in [-0.15, -0.1) is 0 Å². The minimum Gasteiger partial charge on any atom is -0.368 e. The molecule has 0 saturated carbocycles. The molecule has 0 amide bonds. The van der Waals surface area contributed by atoms with Crippen molar-refractivity contribution >= 4 is 5.69 Å². The second-order valence-corrected chi connectivity index (χ2v) is 6.77. The average Bonchev–Trinajstić information content (AvgIpc) is 2.70. The van der Waals surface area contributed by atoms with Gasteiger partial charge in [-0.3, -0.25) is 0 Å². The van der Waals surface area contributed by atoms with Gasteiger partial charge in [0.2, 0.25) is 0 Å². The third kappa shape index (κ3) is 4.47. The van der Waals surface area contributed by atoms with E-state index in [-0.39, 0.29) is 0 Å². The summed E-state index contributed by atoms with van der Waals surface area (Å²) < 4.78 is 0. The fraction of sp³-hybridized carbons (Fsp3) is 0.684. The van der Waals surface area contributed by atoms with Crippen LogP contribution in [0.4, 0.5) is 5.69 Å². The maximum absolute atomic E-state index is 3.59. The largest absolute Gasteiger partial charge is 0.368 e. The van der Waals surface area contributed by atoms with Crippen LogP contribution < -0.4 is 10.2 Å². The van der Waals surface area contributed by atoms with Crippen LogP contribution in [-0.4, -0.2) is 18.6 Å². The van der Waals surface area contributed by atoms with Gasteiger partial charge in [-0.1, -0.05) is 51.3 Å². The van der Waals surface area contributed by atoms with E-state index in [1.807, 2.05) is 0 Å². The molecular formula is C19H32N2. The first-order valence-corrected chi connectivity index (χ1v) is 8.71. The van der Waals surface area contributed by atoms with E-state index in [1.165, 1.54) is 55.5 Å². The molecule has 0 bridgehead atoms. The van der Waals surface area contributed by atoms with Gasteiger partial charge in [0.05, 0.1) is 0 Å². The molecule has 0 aliphatic carbocycles. The third-order valence-electron chi connectivity index (χ3n) is 4.59. The lowest BCUT2D eigenvalue weighted by atomic mass is 10.0. The maximum atomic E-state index is 3.59. The summed E-state index contributed by atoms with van der Waals surface area (Å²) in [5.74, 6) is 0. The van der Waals surface area contributed by atoms with Gasteiger partial charge in [0.1, 0.15) is 0 Å². The van der Waals surface area contributed by atoms with E-state index in [0.29, 0.717) is 12.1 Å². The van der Waals surface area contributed by atoms with Crippen molar-refractivity contribution in [1.82, 2.24) is 5.32 Å². The zero-order valence-electron chi connectivity index (χ0n) is 14.3. The zero-order chi connectivity index (χ0) is 15.2. The summed E-state index contributed by atoms with van der Waals surface area (Å²) >= 11 is 0. The van der Waals surface area contributed by atoms with Crippen LogP contribution in [0, 0.1) is 6.92 Å². The molecule has 0 spiro atoms. The van der Waals surface area contributed by atoms with Gasteiger partial charge in [0.15, 0.2) is 0 Å². The lowest BCUT2D eigenvalue weighted by Crippen LogP contribution is -2.35. The summed E-state index contributed by atoms with van der Waals surface area (Å²) in [6.45, 7) is 11.2. The Balaban J connectivity index is 2.26. The molecule has 1 aliphatic rings. The number of benzene rings is 1. The van der Waals surface area contributed by atoms with Gasteiger partial charge >= 0.3 is 0 Å². The van der Waals surface area contributed by atoms with Gasteiger partial charge < -0.3 is 10.2 Å². The first-order chi connectivity index (χ1) is 10.1. The van der Waals surface area contributed by atoms with Crippen molar-refractivity contribution in [3.8, 4) is 0 Å². The van der Waals surface area contributed by atoms with Crippen LogP contribution in [0.5, 0.6) is 0 Å². The summed E-state index contributed by atoms with van der Waals surface area (Å²) in [6, 6.07) is 8.23. The molecule has 1 aliphatic heterocycles. The molecule has 21 heavy (non-hydrogen) atoms. The third-order valence-corrected chi connectivity index (χ3v) is 4.59. The molecule has 2 rings (SSSR count). The predicted molar refractivity (Wildman–Crippen MR) is 93.0 cm³/mol. The van der Waals surface area contributed by atoms with Crippen molar-refractivity contribution in [2.75, 3.05) is 11.4 Å². The predicted octanol–water partition coefficient (Wildman–Crippen LogP) is 4.65. The number of nitrogens with zero attached hydrogens (tertiary/aromatic N) is 1. The van der Waals surface area contributed by atoms with Crippen molar-refractivity contribution < 1.29 is 0 Å². The minimum atomic E-state index is 0.532. The molecular weight excluding hydrogens is 256 g/mol. The number of hydrogen-bond acceptors (Lipinski definition) is 2. The monoisotopic (exact) mass is 288 g/mol. The van der Waals surface area contributed by atoms with Crippen LogP contribution in [0.1, 0.15) is 64.0 Å². The summed E-state index contributed by atoms with van der Waals surface area (Å²) in [6.07, 6.45) is 6.71. The SMILES string of the molecule is CCC1CCCCCN1c1ccc(C)cc1CNC(C)C. The highest BCUT2D eigenvalue weighted by Gasteiger charge is 2.21. The van der Waals surface area contributed by atoms with Crippen molar-refractivity contribution in [3.63, 3.8) is 0 Å². The first kappa shape index (κ1) is 16.4. The number of hydrogen-bond donors (Lipinski definition) is 1. The van der Waals surface area contributed by atoms with Crippen LogP contribution in [0.15, 0.2) is 18.2 Å². The highest BCUT2D eigenvalue weighted by molar-refractivity contribution is 5.56. The first-order valence-electron chi connectivity index (χ1n) is 8.71. The Morgan fingerprint density at radius 2 is 2.05 bits per heavy atom. The van der Waals surface area contributed by atoms with E-state index >= 15 is 0 Å². The highest BCUT2D eigenvalue weighted by atomic mass is 15.2. The quantitative estimate of drug-likeness (QED) is 0.848. The van der Waals surface area contributed by atoms with Gasteiger partial charge in [-0.25, -0.2) is 0 Å². The summed E-state index contributed by atoms with van der Waals surface area (Å²) in [5.41, 5.74) is 4.29. The standard InChI is InChI=1S/C19H32N2/c1-5-18-9-7-6-8-12-21(18)19-11-10-16(4)13-17(19)14-20-15(2)3/h10-11,13,15,18,20H,5-9,12,14H2,1-4H3. The summed E-state index contributed by atoms with van der Waals surface area (Å²) in [4.78, 5) is 2.68. The maximum Gasteiger partial charge on any atom is 0.0414 e. The lowest BCUT2D eigenvalue weighted by molar-refractivity contribution is 0.549. The Bertz CT molecular complexity index is 439. The number of nitrogens with one attached hydrogen (secondary N) is 1. The topological polar surface area (TPSA) is 15.3 Å². The van der Waals surface area contributed by atoms with E-state index in [9.17, 15) is 0 Å². The molecule has 1 aromatic carbocycles. The van der Waals surface area contributed by atoms with E-state index in [1.54, 1.807) is 0 Å². The van der Waals surface area contributed by atoms with Gasteiger partial charge in [-0.2, -0.15) is 0 Å². The Kier molecular flexibility index (Phi) is 6.10. The Morgan fingerprint density at radius 1 is 1.24 bits per heavy atom. The van der Waals surface area contributed by atoms with Crippen LogP contribution in [0.2, 0.25) is 0 Å². The fourth-order valence-electron chi connectivity index (χ4n) is 3.37. The lowest BCUT2D eigenvalue weighted by Gasteiger charge is -2.33. The zero-order valence-corrected chi connectivity index (χ0v) is 14.3. The molecule has 2 heteroatoms. The molecule has 2 nitrogen and oxygen atoms in total. The average molecular weight is 288 g/mol. The van der Waals surface area contributed by atoms with Crippen LogP contribution in [-0.2, 0) is 6.54 Å². The summed E-state index contributed by atoms with van der Waals surface area (Å²) in [7, 11) is 0. The number of aryl methyl sites for hydroxylation is 1. The molecule has 0 aromatic heterocycles. The Labute approximate surface area is 130 Å². The molecule has 1 unspecified atom stereocenters. The van der Waals surface area contributed by atoms with Crippen molar-refractivity contribution in [2.45, 2.75) is 78.4 Å². The molecule has 1 atom stereocenters. The normalized spacial score (nSPS) is 19.9. The van der Waals surface area contributed by atoms with Crippen molar-refractivity contribution in [2.24, 2.45) is 0 Å². The molecule has 1 heterocycles. The van der Waals surface area contributed by atoms with E-state index in [4.69, 9.17) is 0 Å². The second kappa shape index (κ2) is 7.84. The van der Waals surface area contributed by atoms with Crippen LogP contribution >= 0.6 is 0 Å². The molecule has 0 radical (unpaired) electrons. The van der Waals surface area contributed by atoms with Crippen molar-refractivity contribution in [1.29, 1.82) is 0 Å². The fourth-order valence-corrected chi connectivity index (χ4v) is 3.37. The molecule has 1 N–H and O–H groups in total. The molecule has 1 fully saturated rings. The van der Waals surface area contributed by atoms with Crippen LogP contribution in [0.25, 0.3) is 0 Å². The second-order valence-electron chi connectivity index (χ2n) is 6.77. The van der Waals surface area contributed by atoms with E-state index < -0.39 is 0 Å². The Hall–Kier alpha value is -1.02. The highest BCUT2D eigenvalue weighted by Crippen LogP contribution is 2.29. The number of rotatable bonds is 5. The summed E-state index contributed by atoms with van der Waals surface area (Å²) in [5, 5.41) is 3.59. The van der Waals surface area contributed by atoms with Crippen LogP contribution in [0.3, 0.4) is 0 Å². The van der Waals surface area contributed by atoms with E-state index in [2.05, 4.69) is 56.1 Å². The van der Waals surface area contributed by atoms with Gasteiger partial charge in [0.25, 0.3) is 0 Å². The molecule has 1 saturated heterocycles. The van der Waals surface area contributed by atoms with Crippen molar-refractivity contribution in [3.05, 3.63) is 29.3 Å². The number of anilines is 1. The minimum absolute atomic E-state index is 0.532. The Morgan fingerprint density at radius 3 is 2.76 bits per heavy atom. The van der Waals surface area contributed by atoms with E-state index in [0.717, 1.165) is 6.54 Å². The molecule has 1 aromatic rings. The van der Waals surface area contributed by atoms with Gasteiger partial charge in [-0.05, 0) is 37.8 Å². The van der Waals surface area contributed by atoms with Gasteiger partial charge in [0, 0.05) is 30.9 Å². The smallest absolute Gasteiger partial charge is 0.0414 e. The molecule has 118 valence electrons.